The van der Waals surface area contributed by atoms with Crippen LogP contribution in [0.1, 0.15) is 56.3 Å². The highest BCUT2D eigenvalue weighted by atomic mass is 16.2. The van der Waals surface area contributed by atoms with Gasteiger partial charge in [0.15, 0.2) is 0 Å². The summed E-state index contributed by atoms with van der Waals surface area (Å²) in [5.74, 6) is 0.223. The Morgan fingerprint density at radius 1 is 1.13 bits per heavy atom. The molecule has 23 heavy (non-hydrogen) atoms. The minimum absolute atomic E-state index is 0.160. The van der Waals surface area contributed by atoms with E-state index < -0.39 is 0 Å². The molecule has 0 aromatic heterocycles. The third-order valence-electron chi connectivity index (χ3n) is 4.03. The maximum Gasteiger partial charge on any atom is 0.319 e. The first-order valence-electron chi connectivity index (χ1n) is 8.51. The van der Waals surface area contributed by atoms with Gasteiger partial charge in [0.1, 0.15) is 0 Å². The molecule has 0 atom stereocenters. The lowest BCUT2D eigenvalue weighted by molar-refractivity contribution is 0.0950. The highest BCUT2D eigenvalue weighted by Gasteiger charge is 2.17. The molecule has 5 heteroatoms. The molecule has 3 amide bonds. The molecule has 1 fully saturated rings. The van der Waals surface area contributed by atoms with Gasteiger partial charge in [-0.2, -0.15) is 0 Å². The lowest BCUT2D eigenvalue weighted by atomic mass is 9.96. The zero-order valence-corrected chi connectivity index (χ0v) is 14.0. The Kier molecular flexibility index (Phi) is 6.44. The second-order valence-corrected chi connectivity index (χ2v) is 6.58. The topological polar surface area (TPSA) is 70.2 Å². The number of para-hydroxylation sites is 1. The number of hydrogen-bond donors (Lipinski definition) is 3. The number of hydrogen-bond acceptors (Lipinski definition) is 2. The van der Waals surface area contributed by atoms with Gasteiger partial charge in [0.2, 0.25) is 0 Å². The average molecular weight is 317 g/mol. The Bertz CT molecular complexity index is 537. The zero-order valence-electron chi connectivity index (χ0n) is 14.0. The molecular weight excluding hydrogens is 290 g/mol. The van der Waals surface area contributed by atoms with Crippen LogP contribution in [0.3, 0.4) is 0 Å². The van der Waals surface area contributed by atoms with Gasteiger partial charge < -0.3 is 16.0 Å². The quantitative estimate of drug-likeness (QED) is 0.777. The molecule has 1 aliphatic rings. The maximum absolute atomic E-state index is 12.3. The highest BCUT2D eigenvalue weighted by molar-refractivity contribution is 6.03. The van der Waals surface area contributed by atoms with Crippen LogP contribution in [0.5, 0.6) is 0 Å². The third kappa shape index (κ3) is 5.58. The van der Waals surface area contributed by atoms with E-state index in [4.69, 9.17) is 0 Å². The van der Waals surface area contributed by atoms with Crippen LogP contribution in [0, 0.1) is 5.92 Å². The van der Waals surface area contributed by atoms with Gasteiger partial charge in [-0.25, -0.2) is 4.79 Å². The monoisotopic (exact) mass is 317 g/mol. The fraction of sp³-hybridized carbons (Fsp3) is 0.556. The molecule has 0 bridgehead atoms. The molecule has 1 saturated carbocycles. The van der Waals surface area contributed by atoms with Crippen LogP contribution in [0.4, 0.5) is 10.5 Å². The van der Waals surface area contributed by atoms with E-state index in [1.165, 1.54) is 19.3 Å². The maximum atomic E-state index is 12.3. The van der Waals surface area contributed by atoms with Crippen LogP contribution < -0.4 is 16.0 Å². The van der Waals surface area contributed by atoms with Crippen molar-refractivity contribution in [2.24, 2.45) is 5.92 Å². The fourth-order valence-corrected chi connectivity index (χ4v) is 2.77. The van der Waals surface area contributed by atoms with Crippen LogP contribution in [0.15, 0.2) is 24.3 Å². The van der Waals surface area contributed by atoms with Crippen LogP contribution in [-0.4, -0.2) is 24.5 Å². The normalized spacial score (nSPS) is 15.3. The summed E-state index contributed by atoms with van der Waals surface area (Å²) in [4.78, 5) is 24.4. The van der Waals surface area contributed by atoms with Crippen molar-refractivity contribution in [1.29, 1.82) is 0 Å². The summed E-state index contributed by atoms with van der Waals surface area (Å²) in [6, 6.07) is 7.10. The second-order valence-electron chi connectivity index (χ2n) is 6.58. The first kappa shape index (κ1) is 17.3. The standard InChI is InChI=1S/C18H27N3O2/c1-13(2)12-19-17(22)15-10-6-7-11-16(15)21-18(23)20-14-8-4-3-5-9-14/h6-7,10-11,13-14H,3-5,8-9,12H2,1-2H3,(H,19,22)(H2,20,21,23). The number of anilines is 1. The first-order valence-corrected chi connectivity index (χ1v) is 8.51. The molecule has 5 nitrogen and oxygen atoms in total. The lowest BCUT2D eigenvalue weighted by Gasteiger charge is -2.23. The number of rotatable bonds is 5. The molecule has 2 rings (SSSR count). The smallest absolute Gasteiger partial charge is 0.319 e. The van der Waals surface area contributed by atoms with Crippen LogP contribution in [-0.2, 0) is 0 Å². The number of nitrogens with one attached hydrogen (secondary N) is 3. The van der Waals surface area contributed by atoms with Gasteiger partial charge >= 0.3 is 6.03 Å². The van der Waals surface area contributed by atoms with Crippen LogP contribution in [0.25, 0.3) is 0 Å². The molecule has 0 unspecified atom stereocenters. The second kappa shape index (κ2) is 8.56. The zero-order chi connectivity index (χ0) is 16.7. The SMILES string of the molecule is CC(C)CNC(=O)c1ccccc1NC(=O)NC1CCCCC1. The summed E-state index contributed by atoms with van der Waals surface area (Å²) in [5, 5.41) is 8.70. The summed E-state index contributed by atoms with van der Waals surface area (Å²) < 4.78 is 0. The van der Waals surface area contributed by atoms with E-state index in [2.05, 4.69) is 16.0 Å². The molecule has 0 aliphatic heterocycles. The van der Waals surface area contributed by atoms with E-state index in [1.807, 2.05) is 19.9 Å². The Balaban J connectivity index is 1.96. The molecule has 1 aromatic carbocycles. The van der Waals surface area contributed by atoms with Crippen molar-refractivity contribution < 1.29 is 9.59 Å². The van der Waals surface area contributed by atoms with Gasteiger partial charge in [-0.1, -0.05) is 45.2 Å². The van der Waals surface area contributed by atoms with E-state index in [0.717, 1.165) is 12.8 Å². The number of benzene rings is 1. The number of urea groups is 1. The van der Waals surface area contributed by atoms with Crippen molar-refractivity contribution >= 4 is 17.6 Å². The van der Waals surface area contributed by atoms with Crippen molar-refractivity contribution in [2.75, 3.05) is 11.9 Å². The van der Waals surface area contributed by atoms with E-state index in [0.29, 0.717) is 23.7 Å². The Morgan fingerprint density at radius 2 is 1.83 bits per heavy atom. The van der Waals surface area contributed by atoms with Crippen molar-refractivity contribution in [3.63, 3.8) is 0 Å². The van der Waals surface area contributed by atoms with Gasteiger partial charge in [0.05, 0.1) is 11.3 Å². The lowest BCUT2D eigenvalue weighted by Crippen LogP contribution is -2.39. The van der Waals surface area contributed by atoms with Crippen molar-refractivity contribution in [3.8, 4) is 0 Å². The molecule has 1 aliphatic carbocycles. The largest absolute Gasteiger partial charge is 0.352 e. The van der Waals surface area contributed by atoms with E-state index >= 15 is 0 Å². The highest BCUT2D eigenvalue weighted by Crippen LogP contribution is 2.18. The van der Waals surface area contributed by atoms with E-state index in [-0.39, 0.29) is 18.0 Å². The van der Waals surface area contributed by atoms with Crippen molar-refractivity contribution in [3.05, 3.63) is 29.8 Å². The minimum atomic E-state index is -0.235. The van der Waals surface area contributed by atoms with Crippen LogP contribution >= 0.6 is 0 Å². The molecule has 0 radical (unpaired) electrons. The molecular formula is C18H27N3O2. The predicted octanol–water partition coefficient (Wildman–Crippen LogP) is 3.53. The Hall–Kier alpha value is -2.04. The van der Waals surface area contributed by atoms with E-state index in [1.54, 1.807) is 18.2 Å². The molecule has 3 N–H and O–H groups in total. The van der Waals surface area contributed by atoms with Gasteiger partial charge in [-0.15, -0.1) is 0 Å². The van der Waals surface area contributed by atoms with Gasteiger partial charge in [-0.05, 0) is 30.9 Å². The molecule has 0 saturated heterocycles. The van der Waals surface area contributed by atoms with E-state index in [9.17, 15) is 9.59 Å². The van der Waals surface area contributed by atoms with Gasteiger partial charge in [-0.3, -0.25) is 4.79 Å². The first-order chi connectivity index (χ1) is 11.1. The number of amides is 3. The fourth-order valence-electron chi connectivity index (χ4n) is 2.77. The summed E-state index contributed by atoms with van der Waals surface area (Å²) in [6.07, 6.45) is 5.64. The minimum Gasteiger partial charge on any atom is -0.352 e. The van der Waals surface area contributed by atoms with Crippen LogP contribution in [0.2, 0.25) is 0 Å². The van der Waals surface area contributed by atoms with Crippen molar-refractivity contribution in [2.45, 2.75) is 52.0 Å². The predicted molar refractivity (Wildman–Crippen MR) is 92.6 cm³/mol. The summed E-state index contributed by atoms with van der Waals surface area (Å²) in [6.45, 7) is 4.70. The van der Waals surface area contributed by atoms with Gasteiger partial charge in [0, 0.05) is 12.6 Å². The summed E-state index contributed by atoms with van der Waals surface area (Å²) in [7, 11) is 0. The molecule has 126 valence electrons. The molecule has 1 aromatic rings. The molecule has 0 spiro atoms. The average Bonchev–Trinajstić information content (AvgIpc) is 2.54. The number of carbonyl (C=O) groups excluding carboxylic acids is 2. The van der Waals surface area contributed by atoms with Gasteiger partial charge in [0.25, 0.3) is 5.91 Å². The third-order valence-corrected chi connectivity index (χ3v) is 4.03. The number of carbonyl (C=O) groups is 2. The Labute approximate surface area is 138 Å². The molecule has 0 heterocycles. The summed E-state index contributed by atoms with van der Waals surface area (Å²) >= 11 is 0. The Morgan fingerprint density at radius 3 is 2.52 bits per heavy atom. The summed E-state index contributed by atoms with van der Waals surface area (Å²) in [5.41, 5.74) is 1.04. The van der Waals surface area contributed by atoms with Crippen molar-refractivity contribution in [1.82, 2.24) is 10.6 Å².